The molecule has 3 aromatic rings. The molecule has 0 aliphatic heterocycles. The van der Waals surface area contributed by atoms with Crippen molar-refractivity contribution in [3.63, 3.8) is 0 Å². The van der Waals surface area contributed by atoms with E-state index in [-0.39, 0.29) is 12.3 Å². The van der Waals surface area contributed by atoms with Gasteiger partial charge in [0.25, 0.3) is 0 Å². The van der Waals surface area contributed by atoms with Crippen LogP contribution in [0.4, 0.5) is 5.69 Å². The minimum absolute atomic E-state index is 0.0671. The van der Waals surface area contributed by atoms with Crippen LogP contribution in [-0.4, -0.2) is 12.5 Å². The van der Waals surface area contributed by atoms with E-state index in [4.69, 9.17) is 16.3 Å². The molecule has 0 spiro atoms. The van der Waals surface area contributed by atoms with Gasteiger partial charge in [-0.25, -0.2) is 0 Å². The average Bonchev–Trinajstić information content (AvgIpc) is 3.42. The first-order valence-corrected chi connectivity index (χ1v) is 15.7. The Balaban J connectivity index is 1.33. The first kappa shape index (κ1) is 30.2. The van der Waals surface area contributed by atoms with Crippen molar-refractivity contribution in [2.75, 3.05) is 11.9 Å². The number of hydrogen-bond acceptors (Lipinski definition) is 3. The van der Waals surface area contributed by atoms with Crippen LogP contribution in [0.2, 0.25) is 5.02 Å². The highest BCUT2D eigenvalue weighted by Gasteiger charge is 2.11. The van der Waals surface area contributed by atoms with Crippen molar-refractivity contribution < 1.29 is 14.1 Å². The zero-order valence-electron chi connectivity index (χ0n) is 22.9. The van der Waals surface area contributed by atoms with Crippen LogP contribution in [0, 0.1) is 0 Å². The molecule has 0 radical (unpaired) electrons. The molecule has 0 saturated carbocycles. The fourth-order valence-corrected chi connectivity index (χ4v) is 5.33. The number of hydrogen-bond donors (Lipinski definition) is 1. The molecule has 0 aliphatic rings. The summed E-state index contributed by atoms with van der Waals surface area (Å²) < 4.78 is 8.20. The number of ether oxygens (including phenoxy) is 1. The molecular formula is C32H44ClN2O2S+. The lowest BCUT2D eigenvalue weighted by Crippen LogP contribution is -2.30. The van der Waals surface area contributed by atoms with Gasteiger partial charge in [0.15, 0.2) is 12.7 Å². The second-order valence-electron chi connectivity index (χ2n) is 10.1. The number of amides is 1. The van der Waals surface area contributed by atoms with Crippen molar-refractivity contribution in [1.29, 1.82) is 0 Å². The number of aromatic nitrogens is 1. The van der Waals surface area contributed by atoms with Crippen molar-refractivity contribution in [2.24, 2.45) is 0 Å². The Bertz CT molecular complexity index is 1050. The van der Waals surface area contributed by atoms with E-state index in [1.165, 1.54) is 76.2 Å². The predicted octanol–water partition coefficient (Wildman–Crippen LogP) is 9.00. The van der Waals surface area contributed by atoms with Crippen LogP contribution in [-0.2, 0) is 17.8 Å². The molecule has 0 fully saturated rings. The van der Waals surface area contributed by atoms with Crippen LogP contribution < -0.4 is 14.6 Å². The van der Waals surface area contributed by atoms with E-state index in [2.05, 4.69) is 33.9 Å². The molecule has 6 heteroatoms. The minimum Gasteiger partial charge on any atom is -0.493 e. The van der Waals surface area contributed by atoms with Gasteiger partial charge in [0.05, 0.1) is 18.4 Å². The molecule has 1 amide bonds. The van der Waals surface area contributed by atoms with E-state index in [0.29, 0.717) is 17.4 Å². The largest absolute Gasteiger partial charge is 0.493 e. The quantitative estimate of drug-likeness (QED) is 0.118. The van der Waals surface area contributed by atoms with Crippen LogP contribution in [0.5, 0.6) is 5.75 Å². The average molecular weight is 556 g/mol. The van der Waals surface area contributed by atoms with Gasteiger partial charge in [-0.3, -0.25) is 4.79 Å². The molecular weight excluding hydrogens is 512 g/mol. The van der Waals surface area contributed by atoms with E-state index >= 15 is 0 Å². The molecule has 0 atom stereocenters. The number of halogens is 1. The van der Waals surface area contributed by atoms with Crippen molar-refractivity contribution in [3.05, 3.63) is 75.7 Å². The molecule has 2 aromatic carbocycles. The monoisotopic (exact) mass is 555 g/mol. The summed E-state index contributed by atoms with van der Waals surface area (Å²) in [6, 6.07) is 13.5. The number of anilines is 1. The van der Waals surface area contributed by atoms with Gasteiger partial charge in [0.1, 0.15) is 5.75 Å². The minimum atomic E-state index is -0.0671. The summed E-state index contributed by atoms with van der Waals surface area (Å²) in [7, 11) is 0. The fourth-order valence-electron chi connectivity index (χ4n) is 4.57. The van der Waals surface area contributed by atoms with Crippen molar-refractivity contribution >= 4 is 34.5 Å². The zero-order valence-corrected chi connectivity index (χ0v) is 24.5. The molecule has 1 aromatic heterocycles. The Hall–Kier alpha value is -2.37. The van der Waals surface area contributed by atoms with Crippen LogP contribution in [0.3, 0.4) is 0 Å². The van der Waals surface area contributed by atoms with Gasteiger partial charge in [-0.05, 0) is 30.7 Å². The van der Waals surface area contributed by atoms with Gasteiger partial charge >= 0.3 is 0 Å². The second-order valence-corrected chi connectivity index (χ2v) is 11.3. The maximum atomic E-state index is 12.7. The molecule has 3 rings (SSSR count). The highest BCUT2D eigenvalue weighted by Crippen LogP contribution is 2.25. The molecule has 1 N–H and O–H groups in total. The molecule has 38 heavy (non-hydrogen) atoms. The third kappa shape index (κ3) is 12.0. The maximum Gasteiger partial charge on any atom is 0.228 e. The molecule has 4 nitrogen and oxygen atoms in total. The van der Waals surface area contributed by atoms with Crippen molar-refractivity contribution in [3.8, 4) is 5.75 Å². The summed E-state index contributed by atoms with van der Waals surface area (Å²) in [4.78, 5) is 12.7. The number of benzene rings is 2. The lowest BCUT2D eigenvalue weighted by molar-refractivity contribution is -0.683. The van der Waals surface area contributed by atoms with Gasteiger partial charge in [-0.2, -0.15) is 4.57 Å². The van der Waals surface area contributed by atoms with Gasteiger partial charge < -0.3 is 10.1 Å². The highest BCUT2D eigenvalue weighted by molar-refractivity contribution is 7.07. The Morgan fingerprint density at radius 3 is 2.18 bits per heavy atom. The van der Waals surface area contributed by atoms with E-state index in [1.807, 2.05) is 42.5 Å². The third-order valence-electron chi connectivity index (χ3n) is 6.77. The van der Waals surface area contributed by atoms with E-state index < -0.39 is 0 Å². The second kappa shape index (κ2) is 18.0. The number of thiazole rings is 1. The smallest absolute Gasteiger partial charge is 0.228 e. The molecule has 0 bridgehead atoms. The first-order valence-electron chi connectivity index (χ1n) is 14.4. The van der Waals surface area contributed by atoms with Crippen molar-refractivity contribution in [1.82, 2.24) is 0 Å². The van der Waals surface area contributed by atoms with Crippen molar-refractivity contribution in [2.45, 2.75) is 96.9 Å². The standard InChI is InChI=1S/C32H43ClN2O2S/c1-2-3-4-5-6-7-8-9-10-11-12-13-21-37-31-24-29(33)17-16-28(31)23-32(36)34-30-18-14-27(15-19-30)25-35-20-22-38-26-35/h14-20,22,24,26H,2-13,21,23,25H2,1H3/p+1. The molecule has 1 heterocycles. The number of rotatable bonds is 19. The Morgan fingerprint density at radius 2 is 1.55 bits per heavy atom. The number of unbranched alkanes of at least 4 members (excludes halogenated alkanes) is 11. The summed E-state index contributed by atoms with van der Waals surface area (Å²) in [6.45, 7) is 3.74. The summed E-state index contributed by atoms with van der Waals surface area (Å²) in [5, 5.41) is 5.68. The first-order chi connectivity index (χ1) is 18.6. The van der Waals surface area contributed by atoms with Gasteiger partial charge in [-0.15, -0.1) is 0 Å². The van der Waals surface area contributed by atoms with Crippen LogP contribution in [0.15, 0.2) is 59.6 Å². The summed E-state index contributed by atoms with van der Waals surface area (Å²) in [5.41, 5.74) is 4.93. The predicted molar refractivity (Wildman–Crippen MR) is 160 cm³/mol. The summed E-state index contributed by atoms with van der Waals surface area (Å²) >= 11 is 7.90. The zero-order chi connectivity index (χ0) is 26.8. The van der Waals surface area contributed by atoms with E-state index in [9.17, 15) is 4.79 Å². The Kier molecular flexibility index (Phi) is 14.3. The SMILES string of the molecule is CCCCCCCCCCCCCCOc1cc(Cl)ccc1CC(=O)Nc1ccc(C[n+]2ccsc2)cc1. The Morgan fingerprint density at radius 1 is 0.895 bits per heavy atom. The number of carbonyl (C=O) groups is 1. The van der Waals surface area contributed by atoms with Gasteiger partial charge in [0, 0.05) is 21.8 Å². The normalized spacial score (nSPS) is 11.0. The fraction of sp³-hybridized carbons (Fsp3) is 0.500. The molecule has 0 unspecified atom stereocenters. The van der Waals surface area contributed by atoms with Crippen LogP contribution in [0.25, 0.3) is 0 Å². The maximum absolute atomic E-state index is 12.7. The highest BCUT2D eigenvalue weighted by atomic mass is 35.5. The summed E-state index contributed by atoms with van der Waals surface area (Å²) in [5.74, 6) is 0.640. The lowest BCUT2D eigenvalue weighted by Gasteiger charge is -2.13. The topological polar surface area (TPSA) is 42.2 Å². The number of nitrogens with zero attached hydrogens (tertiary/aromatic N) is 1. The van der Waals surface area contributed by atoms with E-state index in [1.54, 1.807) is 11.3 Å². The molecule has 0 saturated heterocycles. The number of nitrogens with one attached hydrogen (secondary N) is 1. The van der Waals surface area contributed by atoms with Gasteiger partial charge in [0.2, 0.25) is 11.4 Å². The van der Waals surface area contributed by atoms with Gasteiger partial charge in [-0.1, -0.05) is 119 Å². The van der Waals surface area contributed by atoms with Crippen LogP contribution in [0.1, 0.15) is 95.1 Å². The third-order valence-corrected chi connectivity index (χ3v) is 7.67. The number of carbonyl (C=O) groups excluding carboxylic acids is 1. The Labute approximate surface area is 238 Å². The lowest BCUT2D eigenvalue weighted by atomic mass is 10.1. The molecule has 206 valence electrons. The molecule has 0 aliphatic carbocycles. The summed E-state index contributed by atoms with van der Waals surface area (Å²) in [6.07, 6.45) is 18.1. The van der Waals surface area contributed by atoms with E-state index in [0.717, 1.165) is 24.2 Å². The van der Waals surface area contributed by atoms with Crippen LogP contribution >= 0.6 is 22.9 Å².